The van der Waals surface area contributed by atoms with Crippen LogP contribution < -0.4 is 5.32 Å². The Balaban J connectivity index is 1.61. The minimum Gasteiger partial charge on any atom is -0.381 e. The first kappa shape index (κ1) is 22.3. The van der Waals surface area contributed by atoms with Crippen LogP contribution in [0.3, 0.4) is 0 Å². The number of ether oxygens (including phenoxy) is 1. The lowest BCUT2D eigenvalue weighted by molar-refractivity contribution is -0.120. The van der Waals surface area contributed by atoms with E-state index in [2.05, 4.69) is 54.2 Å². The topological polar surface area (TPSA) is 54.1 Å². The summed E-state index contributed by atoms with van der Waals surface area (Å²) in [4.78, 5) is 16.3. The largest absolute Gasteiger partial charge is 0.381 e. The third kappa shape index (κ3) is 6.85. The van der Waals surface area contributed by atoms with E-state index in [0.717, 1.165) is 34.8 Å². The molecular formula is C25H33N2O2Si. The third-order valence-electron chi connectivity index (χ3n) is 5.21. The highest BCUT2D eigenvalue weighted by Gasteiger charge is 2.22. The number of carbonyl (C=O) groups is 1. The van der Waals surface area contributed by atoms with Gasteiger partial charge in [0.2, 0.25) is 5.91 Å². The molecule has 2 N–H and O–H groups in total. The first-order valence-electron chi connectivity index (χ1n) is 10.7. The van der Waals surface area contributed by atoms with Gasteiger partial charge in [0, 0.05) is 38.3 Å². The van der Waals surface area contributed by atoms with Crippen LogP contribution in [0, 0.1) is 5.92 Å². The van der Waals surface area contributed by atoms with Crippen molar-refractivity contribution >= 4 is 24.9 Å². The molecule has 2 aromatic carbocycles. The van der Waals surface area contributed by atoms with Crippen LogP contribution in [-0.4, -0.2) is 38.7 Å². The van der Waals surface area contributed by atoms with Gasteiger partial charge in [-0.25, -0.2) is 0 Å². The van der Waals surface area contributed by atoms with Crippen molar-refractivity contribution < 1.29 is 9.53 Å². The molecular weight excluding hydrogens is 388 g/mol. The van der Waals surface area contributed by atoms with Crippen molar-refractivity contribution in [1.29, 1.82) is 0 Å². The fraction of sp³-hybridized carbons (Fsp3) is 0.360. The zero-order valence-corrected chi connectivity index (χ0v) is 19.3. The van der Waals surface area contributed by atoms with Crippen molar-refractivity contribution in [1.82, 2.24) is 10.3 Å². The summed E-state index contributed by atoms with van der Waals surface area (Å²) in [5.74, 6) is 0.771. The summed E-state index contributed by atoms with van der Waals surface area (Å²) in [6, 6.07) is 19.5. The van der Waals surface area contributed by atoms with Crippen LogP contribution in [-0.2, 0) is 22.4 Å². The average Bonchev–Trinajstić information content (AvgIpc) is 3.13. The van der Waals surface area contributed by atoms with Crippen LogP contribution >= 0.6 is 0 Å². The summed E-state index contributed by atoms with van der Waals surface area (Å²) >= 11 is 0. The summed E-state index contributed by atoms with van der Waals surface area (Å²) in [6.07, 6.45) is 3.42. The summed E-state index contributed by atoms with van der Waals surface area (Å²) in [6.45, 7) is 8.72. The summed E-state index contributed by atoms with van der Waals surface area (Å²) in [7, 11) is -1.15. The van der Waals surface area contributed by atoms with Crippen molar-refractivity contribution in [2.24, 2.45) is 0 Å². The Hall–Kier alpha value is -2.37. The second-order valence-corrected chi connectivity index (χ2v) is 14.6. The van der Waals surface area contributed by atoms with Gasteiger partial charge in [-0.15, -0.1) is 0 Å². The van der Waals surface area contributed by atoms with E-state index in [1.165, 1.54) is 5.56 Å². The van der Waals surface area contributed by atoms with Gasteiger partial charge in [-0.2, -0.15) is 0 Å². The van der Waals surface area contributed by atoms with Gasteiger partial charge in [0.05, 0.1) is 12.5 Å². The van der Waals surface area contributed by atoms with Crippen molar-refractivity contribution in [3.8, 4) is 0 Å². The molecule has 0 saturated carbocycles. The fourth-order valence-electron chi connectivity index (χ4n) is 3.37. The molecule has 0 aliphatic rings. The Kier molecular flexibility index (Phi) is 7.88. The molecule has 0 atom stereocenters. The van der Waals surface area contributed by atoms with Crippen molar-refractivity contribution in [3.05, 3.63) is 77.8 Å². The molecule has 0 bridgehead atoms. The minimum atomic E-state index is -1.15. The van der Waals surface area contributed by atoms with Gasteiger partial charge in [0.15, 0.2) is 0 Å². The highest BCUT2D eigenvalue weighted by molar-refractivity contribution is 6.76. The quantitative estimate of drug-likeness (QED) is 0.338. The lowest BCUT2D eigenvalue weighted by Gasteiger charge is -2.19. The lowest BCUT2D eigenvalue weighted by atomic mass is 9.98. The zero-order chi connectivity index (χ0) is 21.4. The number of para-hydroxylation sites is 1. The second kappa shape index (κ2) is 10.6. The molecule has 159 valence electrons. The Labute approximate surface area is 181 Å². The van der Waals surface area contributed by atoms with E-state index >= 15 is 0 Å². The number of rotatable bonds is 11. The molecule has 0 saturated heterocycles. The van der Waals surface area contributed by atoms with Crippen LogP contribution in [0.25, 0.3) is 10.9 Å². The van der Waals surface area contributed by atoms with E-state index in [4.69, 9.17) is 4.74 Å². The number of carbonyl (C=O) groups excluding carboxylic acids is 1. The number of aromatic amines is 1. The standard InChI is InChI=1S/C25H33N2O2Si/c1-30(2,3)16-15-29-19-22(17-21-18-27-24-12-8-7-11-23(21)24)25(28)26-14-13-20-9-5-4-6-10-20/h4-12,18,27H,13-17,19H2,1-3H3,(H,26,28). The molecule has 0 aliphatic heterocycles. The molecule has 0 unspecified atom stereocenters. The molecule has 30 heavy (non-hydrogen) atoms. The number of benzene rings is 2. The van der Waals surface area contributed by atoms with Crippen molar-refractivity contribution in [2.75, 3.05) is 19.8 Å². The van der Waals surface area contributed by atoms with E-state index in [-0.39, 0.29) is 5.91 Å². The van der Waals surface area contributed by atoms with Gasteiger partial charge in [0.1, 0.15) is 0 Å². The number of fused-ring (bicyclic) bond motifs is 1. The van der Waals surface area contributed by atoms with Crippen LogP contribution in [0.1, 0.15) is 11.1 Å². The van der Waals surface area contributed by atoms with E-state index in [1.54, 1.807) is 0 Å². The SMILES string of the molecule is C[Si](C)(C)CCOC[C](Cc1c[nH]c2ccccc12)C(=O)NCCc1ccccc1. The smallest absolute Gasteiger partial charge is 0.230 e. The Morgan fingerprint density at radius 3 is 2.53 bits per heavy atom. The highest BCUT2D eigenvalue weighted by Crippen LogP contribution is 2.22. The van der Waals surface area contributed by atoms with Gasteiger partial charge >= 0.3 is 0 Å². The number of hydrogen-bond donors (Lipinski definition) is 2. The molecule has 0 fully saturated rings. The maximum Gasteiger partial charge on any atom is 0.230 e. The van der Waals surface area contributed by atoms with E-state index in [1.807, 2.05) is 36.5 Å². The zero-order valence-electron chi connectivity index (χ0n) is 18.3. The first-order chi connectivity index (χ1) is 14.4. The molecule has 1 amide bonds. The van der Waals surface area contributed by atoms with E-state index < -0.39 is 8.07 Å². The molecule has 1 radical (unpaired) electrons. The molecule has 0 aliphatic carbocycles. The summed E-state index contributed by atoms with van der Waals surface area (Å²) in [5, 5.41) is 4.25. The summed E-state index contributed by atoms with van der Waals surface area (Å²) in [5.41, 5.74) is 3.45. The molecule has 3 rings (SSSR count). The predicted molar refractivity (Wildman–Crippen MR) is 127 cm³/mol. The first-order valence-corrected chi connectivity index (χ1v) is 14.4. The number of nitrogens with one attached hydrogen (secondary N) is 2. The molecule has 5 heteroatoms. The van der Waals surface area contributed by atoms with Crippen molar-refractivity contribution in [2.45, 2.75) is 38.5 Å². The monoisotopic (exact) mass is 421 g/mol. The molecule has 1 aromatic heterocycles. The molecule has 4 nitrogen and oxygen atoms in total. The van der Waals surface area contributed by atoms with Gasteiger partial charge in [-0.05, 0) is 36.1 Å². The Morgan fingerprint density at radius 2 is 1.77 bits per heavy atom. The Morgan fingerprint density at radius 1 is 1.03 bits per heavy atom. The molecule has 1 heterocycles. The highest BCUT2D eigenvalue weighted by atomic mass is 28.3. The van der Waals surface area contributed by atoms with E-state index in [0.29, 0.717) is 26.2 Å². The van der Waals surface area contributed by atoms with E-state index in [9.17, 15) is 4.79 Å². The average molecular weight is 422 g/mol. The van der Waals surface area contributed by atoms with Crippen molar-refractivity contribution in [3.63, 3.8) is 0 Å². The van der Waals surface area contributed by atoms with Crippen LogP contribution in [0.15, 0.2) is 60.8 Å². The van der Waals surface area contributed by atoms with Crippen LogP contribution in [0.2, 0.25) is 25.7 Å². The minimum absolute atomic E-state index is 0.00999. The maximum absolute atomic E-state index is 13.0. The third-order valence-corrected chi connectivity index (χ3v) is 6.92. The summed E-state index contributed by atoms with van der Waals surface area (Å²) < 4.78 is 5.95. The lowest BCUT2D eigenvalue weighted by Crippen LogP contribution is -2.34. The normalized spacial score (nSPS) is 11.9. The van der Waals surface area contributed by atoms with Gasteiger partial charge in [-0.3, -0.25) is 4.79 Å². The number of aromatic nitrogens is 1. The predicted octanol–water partition coefficient (Wildman–Crippen LogP) is 5.00. The fourth-order valence-corrected chi connectivity index (χ4v) is 4.13. The molecule has 0 spiro atoms. The number of H-pyrrole nitrogens is 1. The van der Waals surface area contributed by atoms with Crippen LogP contribution in [0.5, 0.6) is 0 Å². The maximum atomic E-state index is 13.0. The van der Waals surface area contributed by atoms with Crippen LogP contribution in [0.4, 0.5) is 0 Å². The second-order valence-electron chi connectivity index (χ2n) is 8.99. The Bertz CT molecular complexity index is 931. The van der Waals surface area contributed by atoms with Gasteiger partial charge in [0.25, 0.3) is 0 Å². The molecule has 3 aromatic rings. The number of amides is 1. The van der Waals surface area contributed by atoms with Gasteiger partial charge < -0.3 is 15.0 Å². The number of hydrogen-bond acceptors (Lipinski definition) is 2. The van der Waals surface area contributed by atoms with Gasteiger partial charge in [-0.1, -0.05) is 68.2 Å².